The molecule has 6 heteroatoms. The van der Waals surface area contributed by atoms with Gasteiger partial charge in [-0.15, -0.1) is 0 Å². The summed E-state index contributed by atoms with van der Waals surface area (Å²) in [6.45, 7) is 6.78. The van der Waals surface area contributed by atoms with Crippen molar-refractivity contribution in [2.75, 3.05) is 39.4 Å². The predicted molar refractivity (Wildman–Crippen MR) is 87.6 cm³/mol. The number of carbonyl (C=O) groups excluding carboxylic acids is 1. The molecule has 0 spiro atoms. The van der Waals surface area contributed by atoms with Gasteiger partial charge in [0.1, 0.15) is 0 Å². The second kappa shape index (κ2) is 6.69. The van der Waals surface area contributed by atoms with Gasteiger partial charge in [-0.2, -0.15) is 0 Å². The lowest BCUT2D eigenvalue weighted by Gasteiger charge is -2.26. The summed E-state index contributed by atoms with van der Waals surface area (Å²) in [6.07, 6.45) is 0. The number of hydrogen-bond donors (Lipinski definition) is 2. The maximum atomic E-state index is 12.5. The van der Waals surface area contributed by atoms with E-state index in [0.717, 1.165) is 49.4 Å². The van der Waals surface area contributed by atoms with Crippen molar-refractivity contribution in [1.82, 2.24) is 15.2 Å². The summed E-state index contributed by atoms with van der Waals surface area (Å²) in [4.78, 5) is 18.0. The number of halogens is 1. The third-order valence-corrected chi connectivity index (χ3v) is 4.23. The van der Waals surface area contributed by atoms with Crippen LogP contribution in [0.5, 0.6) is 0 Å². The Morgan fingerprint density at radius 3 is 2.95 bits per heavy atom. The van der Waals surface area contributed by atoms with Crippen LogP contribution in [0.15, 0.2) is 18.2 Å². The summed E-state index contributed by atoms with van der Waals surface area (Å²) in [5.41, 5.74) is 2.47. The Labute approximate surface area is 134 Å². The molecule has 0 atom stereocenters. The van der Waals surface area contributed by atoms with Gasteiger partial charge in [0.2, 0.25) is 0 Å². The maximum Gasteiger partial charge on any atom is 0.253 e. The molecule has 1 aromatic carbocycles. The standard InChI is InChI=1S/C16H20ClN3O2/c1-11-15(13-10-12(17)2-3-14(13)19-11)16(21)18-4-5-20-6-8-22-9-7-20/h2-3,10,19H,4-9H2,1H3,(H,18,21). The highest BCUT2D eigenvalue weighted by molar-refractivity contribution is 6.31. The van der Waals surface area contributed by atoms with E-state index >= 15 is 0 Å². The predicted octanol–water partition coefficient (Wildman–Crippen LogP) is 2.19. The number of aromatic amines is 1. The van der Waals surface area contributed by atoms with Crippen molar-refractivity contribution < 1.29 is 9.53 Å². The molecule has 1 fully saturated rings. The highest BCUT2D eigenvalue weighted by atomic mass is 35.5. The number of amides is 1. The molecule has 3 rings (SSSR count). The SMILES string of the molecule is Cc1[nH]c2ccc(Cl)cc2c1C(=O)NCCN1CCOCC1. The lowest BCUT2D eigenvalue weighted by Crippen LogP contribution is -2.41. The molecule has 1 aliphatic rings. The van der Waals surface area contributed by atoms with Gasteiger partial charge in [0.15, 0.2) is 0 Å². The molecule has 1 amide bonds. The molecular weight excluding hydrogens is 302 g/mol. The molecule has 2 heterocycles. The van der Waals surface area contributed by atoms with Crippen LogP contribution in [0.3, 0.4) is 0 Å². The summed E-state index contributed by atoms with van der Waals surface area (Å²) in [6, 6.07) is 5.55. The number of nitrogens with one attached hydrogen (secondary N) is 2. The number of morpholine rings is 1. The molecular formula is C16H20ClN3O2. The molecule has 2 N–H and O–H groups in total. The number of carbonyl (C=O) groups is 1. The second-order valence-electron chi connectivity index (χ2n) is 5.52. The van der Waals surface area contributed by atoms with Crippen molar-refractivity contribution in [3.63, 3.8) is 0 Å². The van der Waals surface area contributed by atoms with Crippen molar-refractivity contribution >= 4 is 28.4 Å². The Morgan fingerprint density at radius 2 is 2.18 bits per heavy atom. The summed E-state index contributed by atoms with van der Waals surface area (Å²) < 4.78 is 5.32. The molecule has 1 saturated heterocycles. The van der Waals surface area contributed by atoms with Crippen molar-refractivity contribution in [3.05, 3.63) is 34.5 Å². The van der Waals surface area contributed by atoms with Crippen molar-refractivity contribution in [2.45, 2.75) is 6.92 Å². The average Bonchev–Trinajstić information content (AvgIpc) is 2.83. The second-order valence-corrected chi connectivity index (χ2v) is 5.96. The summed E-state index contributed by atoms with van der Waals surface area (Å²) in [5.74, 6) is -0.0562. The highest BCUT2D eigenvalue weighted by Gasteiger charge is 2.16. The van der Waals surface area contributed by atoms with E-state index in [2.05, 4.69) is 15.2 Å². The van der Waals surface area contributed by atoms with E-state index in [9.17, 15) is 4.79 Å². The van der Waals surface area contributed by atoms with Crippen molar-refractivity contribution in [3.8, 4) is 0 Å². The van der Waals surface area contributed by atoms with E-state index in [0.29, 0.717) is 17.1 Å². The topological polar surface area (TPSA) is 57.4 Å². The Balaban J connectivity index is 1.66. The summed E-state index contributed by atoms with van der Waals surface area (Å²) >= 11 is 6.05. The zero-order valence-electron chi connectivity index (χ0n) is 12.6. The molecule has 1 aromatic heterocycles. The molecule has 0 radical (unpaired) electrons. The Kier molecular flexibility index (Phi) is 4.66. The minimum Gasteiger partial charge on any atom is -0.379 e. The van der Waals surface area contributed by atoms with Crippen molar-refractivity contribution in [2.24, 2.45) is 0 Å². The van der Waals surface area contributed by atoms with Crippen LogP contribution < -0.4 is 5.32 Å². The molecule has 1 aliphatic heterocycles. The zero-order chi connectivity index (χ0) is 15.5. The molecule has 0 aliphatic carbocycles. The highest BCUT2D eigenvalue weighted by Crippen LogP contribution is 2.25. The van der Waals surface area contributed by atoms with Gasteiger partial charge in [-0.05, 0) is 25.1 Å². The number of rotatable bonds is 4. The van der Waals surface area contributed by atoms with Crippen LogP contribution in [0.25, 0.3) is 10.9 Å². The number of ether oxygens (including phenoxy) is 1. The van der Waals surface area contributed by atoms with Crippen LogP contribution in [-0.2, 0) is 4.74 Å². The number of nitrogens with zero attached hydrogens (tertiary/aromatic N) is 1. The first-order chi connectivity index (χ1) is 10.6. The van der Waals surface area contributed by atoms with Crippen LogP contribution in [-0.4, -0.2) is 55.2 Å². The number of aromatic nitrogens is 1. The van der Waals surface area contributed by atoms with Crippen molar-refractivity contribution in [1.29, 1.82) is 0 Å². The number of H-pyrrole nitrogens is 1. The van der Waals surface area contributed by atoms with E-state index in [4.69, 9.17) is 16.3 Å². The van der Waals surface area contributed by atoms with E-state index in [1.807, 2.05) is 25.1 Å². The lowest BCUT2D eigenvalue weighted by molar-refractivity contribution is 0.0383. The van der Waals surface area contributed by atoms with Crippen LogP contribution >= 0.6 is 11.6 Å². The van der Waals surface area contributed by atoms with Gasteiger partial charge in [-0.25, -0.2) is 0 Å². The van der Waals surface area contributed by atoms with Crippen LogP contribution in [0.4, 0.5) is 0 Å². The summed E-state index contributed by atoms with van der Waals surface area (Å²) in [7, 11) is 0. The fraction of sp³-hybridized carbons (Fsp3) is 0.438. The number of aryl methyl sites for hydroxylation is 1. The van der Waals surface area contributed by atoms with E-state index < -0.39 is 0 Å². The van der Waals surface area contributed by atoms with Crippen LogP contribution in [0.2, 0.25) is 5.02 Å². The molecule has 0 saturated carbocycles. The fourth-order valence-electron chi connectivity index (χ4n) is 2.83. The molecule has 2 aromatic rings. The largest absolute Gasteiger partial charge is 0.379 e. The Bertz CT molecular complexity index is 677. The number of hydrogen-bond acceptors (Lipinski definition) is 3. The Morgan fingerprint density at radius 1 is 1.41 bits per heavy atom. The minimum atomic E-state index is -0.0562. The minimum absolute atomic E-state index is 0.0562. The van der Waals surface area contributed by atoms with Gasteiger partial charge in [0.05, 0.1) is 18.8 Å². The van der Waals surface area contributed by atoms with Gasteiger partial charge >= 0.3 is 0 Å². The first-order valence-electron chi connectivity index (χ1n) is 7.51. The third kappa shape index (κ3) is 3.27. The van der Waals surface area contributed by atoms with E-state index in [1.54, 1.807) is 0 Å². The quantitative estimate of drug-likeness (QED) is 0.907. The zero-order valence-corrected chi connectivity index (χ0v) is 13.4. The van der Waals surface area contributed by atoms with E-state index in [1.165, 1.54) is 0 Å². The maximum absolute atomic E-state index is 12.5. The van der Waals surface area contributed by atoms with Crippen LogP contribution in [0.1, 0.15) is 16.1 Å². The average molecular weight is 322 g/mol. The summed E-state index contributed by atoms with van der Waals surface area (Å²) in [5, 5.41) is 4.50. The van der Waals surface area contributed by atoms with Crippen LogP contribution in [0, 0.1) is 6.92 Å². The molecule has 22 heavy (non-hydrogen) atoms. The van der Waals surface area contributed by atoms with Gasteiger partial charge in [-0.1, -0.05) is 11.6 Å². The number of benzene rings is 1. The lowest BCUT2D eigenvalue weighted by atomic mass is 10.1. The smallest absolute Gasteiger partial charge is 0.253 e. The van der Waals surface area contributed by atoms with Gasteiger partial charge in [-0.3, -0.25) is 9.69 Å². The van der Waals surface area contributed by atoms with Gasteiger partial charge < -0.3 is 15.0 Å². The molecule has 118 valence electrons. The molecule has 0 bridgehead atoms. The fourth-order valence-corrected chi connectivity index (χ4v) is 3.00. The van der Waals surface area contributed by atoms with E-state index in [-0.39, 0.29) is 5.91 Å². The van der Waals surface area contributed by atoms with Gasteiger partial charge in [0.25, 0.3) is 5.91 Å². The normalized spacial score (nSPS) is 16.1. The third-order valence-electron chi connectivity index (χ3n) is 3.99. The first kappa shape index (κ1) is 15.3. The molecule has 5 nitrogen and oxygen atoms in total. The molecule has 0 unspecified atom stereocenters. The first-order valence-corrected chi connectivity index (χ1v) is 7.89. The number of fused-ring (bicyclic) bond motifs is 1. The monoisotopic (exact) mass is 321 g/mol. The Hall–Kier alpha value is -1.56. The van der Waals surface area contributed by atoms with Gasteiger partial charge in [0, 0.05) is 47.8 Å².